The Morgan fingerprint density at radius 2 is 0.696 bits per heavy atom. The van der Waals surface area contributed by atoms with Crippen molar-refractivity contribution in [2.75, 3.05) is 13.1 Å². The summed E-state index contributed by atoms with van der Waals surface area (Å²) >= 11 is 0. The van der Waals surface area contributed by atoms with Crippen molar-refractivity contribution in [1.29, 1.82) is 0 Å². The first-order valence-corrected chi connectivity index (χ1v) is 8.77. The molecular weight excluding hydrogens is 456 g/mol. The summed E-state index contributed by atoms with van der Waals surface area (Å²) in [5.41, 5.74) is 12.9. The Labute approximate surface area is 162 Å². The van der Waals surface area contributed by atoms with Crippen LogP contribution in [0.1, 0.15) is 82.1 Å². The van der Waals surface area contributed by atoms with Crippen LogP contribution in [-0.2, 0) is 21.1 Å². The van der Waals surface area contributed by atoms with Gasteiger partial charge < -0.3 is 22.1 Å². The Kier molecular flexibility index (Phi) is 46.0. The zero-order chi connectivity index (χ0) is 18.6. The smallest absolute Gasteiger partial charge is 0 e. The molecule has 0 aliphatic rings. The molecule has 0 amide bonds. The molecule has 0 aromatic carbocycles. The maximum atomic E-state index is 6.45. The molecule has 0 unspecified atom stereocenters. The molecule has 146 valence electrons. The molecule has 0 fully saturated rings. The van der Waals surface area contributed by atoms with Gasteiger partial charge in [-0.2, -0.15) is 13.1 Å². The second-order valence-corrected chi connectivity index (χ2v) is 6.17. The van der Waals surface area contributed by atoms with Crippen molar-refractivity contribution in [2.45, 2.75) is 106 Å². The van der Waals surface area contributed by atoms with E-state index in [1.807, 2.05) is 13.8 Å². The van der Waals surface area contributed by atoms with Gasteiger partial charge in [-0.25, -0.2) is 0 Å². The van der Waals surface area contributed by atoms with Crippen molar-refractivity contribution in [1.82, 2.24) is 0 Å². The first-order valence-electron chi connectivity index (χ1n) is 8.77. The predicted octanol–water partition coefficient (Wildman–Crippen LogP) is 7.25. The SMILES string of the molecule is CC(C)[N-]C(C)C.CC(C)[N-]C(C)C.CCC[NH-].CCC[NH-].[W]. The van der Waals surface area contributed by atoms with Crippen molar-refractivity contribution < 1.29 is 21.1 Å². The van der Waals surface area contributed by atoms with Gasteiger partial charge in [-0.05, 0) is 0 Å². The molecule has 0 aromatic rings. The number of nitrogens with one attached hydrogen (secondary N) is 2. The van der Waals surface area contributed by atoms with Crippen molar-refractivity contribution in [2.24, 2.45) is 0 Å². The van der Waals surface area contributed by atoms with E-state index in [1.54, 1.807) is 0 Å². The number of hydrogen-bond acceptors (Lipinski definition) is 0. The van der Waals surface area contributed by atoms with Crippen LogP contribution in [0.4, 0.5) is 0 Å². The summed E-state index contributed by atoms with van der Waals surface area (Å²) in [4.78, 5) is 0. The molecule has 0 bridgehead atoms. The Hall–Kier alpha value is 0.528. The van der Waals surface area contributed by atoms with Crippen molar-refractivity contribution in [3.05, 3.63) is 22.1 Å². The van der Waals surface area contributed by atoms with E-state index in [0.29, 0.717) is 37.3 Å². The fourth-order valence-electron chi connectivity index (χ4n) is 1.19. The molecule has 5 heteroatoms. The van der Waals surface area contributed by atoms with Crippen LogP contribution >= 0.6 is 0 Å². The molecule has 0 saturated carbocycles. The van der Waals surface area contributed by atoms with Crippen LogP contribution in [0.15, 0.2) is 0 Å². The summed E-state index contributed by atoms with van der Waals surface area (Å²) in [6.07, 6.45) is 1.97. The van der Waals surface area contributed by atoms with Gasteiger partial charge in [0.2, 0.25) is 0 Å². The first kappa shape index (κ1) is 34.8. The zero-order valence-corrected chi connectivity index (χ0v) is 20.4. The van der Waals surface area contributed by atoms with Gasteiger partial charge in [0.05, 0.1) is 0 Å². The Morgan fingerprint density at radius 3 is 0.696 bits per heavy atom. The Bertz CT molecular complexity index is 129. The minimum absolute atomic E-state index is 0. The molecule has 0 radical (unpaired) electrons. The number of rotatable bonds is 6. The summed E-state index contributed by atoms with van der Waals surface area (Å²) < 4.78 is 0. The van der Waals surface area contributed by atoms with E-state index in [-0.39, 0.29) is 21.1 Å². The monoisotopic (exact) mass is 500 g/mol. The maximum Gasteiger partial charge on any atom is 0 e. The molecule has 0 rings (SSSR count). The van der Waals surface area contributed by atoms with Gasteiger partial charge >= 0.3 is 0 Å². The topological polar surface area (TPSA) is 75.8 Å². The third-order valence-electron chi connectivity index (χ3n) is 1.69. The number of nitrogens with zero attached hydrogens (tertiary/aromatic N) is 2. The maximum absolute atomic E-state index is 6.45. The van der Waals surface area contributed by atoms with E-state index >= 15 is 0 Å². The van der Waals surface area contributed by atoms with Gasteiger partial charge in [0.15, 0.2) is 0 Å². The van der Waals surface area contributed by atoms with E-state index in [0.717, 1.165) is 12.8 Å². The molecule has 0 atom stereocenters. The van der Waals surface area contributed by atoms with E-state index in [1.165, 1.54) is 0 Å². The standard InChI is InChI=1S/2C6H14N.2C3H8N.W/c2*1-5(2)7-6(3)4;2*1-2-3-4;/h2*5-6H,1-4H3;2*4H,2-3H2,1H3;/q4*-1;. The minimum Gasteiger partial charge on any atom is -0.677 e. The molecule has 0 spiro atoms. The van der Waals surface area contributed by atoms with Gasteiger partial charge in [0.25, 0.3) is 0 Å². The van der Waals surface area contributed by atoms with Gasteiger partial charge in [-0.1, -0.05) is 82.1 Å². The average Bonchev–Trinajstić information content (AvgIpc) is 2.36. The summed E-state index contributed by atoms with van der Waals surface area (Å²) in [6, 6.07) is 2.00. The molecule has 23 heavy (non-hydrogen) atoms. The van der Waals surface area contributed by atoms with E-state index in [2.05, 4.69) is 66.0 Å². The molecule has 2 N–H and O–H groups in total. The van der Waals surface area contributed by atoms with Crippen LogP contribution in [0.3, 0.4) is 0 Å². The van der Waals surface area contributed by atoms with E-state index < -0.39 is 0 Å². The van der Waals surface area contributed by atoms with Crippen LogP contribution in [0.5, 0.6) is 0 Å². The number of hydrogen-bond donors (Lipinski definition) is 0. The van der Waals surface area contributed by atoms with Crippen LogP contribution in [-0.4, -0.2) is 37.3 Å². The Morgan fingerprint density at radius 1 is 0.565 bits per heavy atom. The molecule has 0 aromatic heterocycles. The quantitative estimate of drug-likeness (QED) is 0.369. The summed E-state index contributed by atoms with van der Waals surface area (Å²) in [5, 5.41) is 8.56. The van der Waals surface area contributed by atoms with E-state index in [9.17, 15) is 0 Å². The third-order valence-corrected chi connectivity index (χ3v) is 1.69. The minimum atomic E-state index is 0. The fraction of sp³-hybridized carbons (Fsp3) is 1.00. The van der Waals surface area contributed by atoms with Crippen LogP contribution in [0.25, 0.3) is 22.1 Å². The first-order chi connectivity index (χ1) is 10.1. The van der Waals surface area contributed by atoms with Crippen molar-refractivity contribution in [3.8, 4) is 0 Å². The predicted molar refractivity (Wildman–Crippen MR) is 106 cm³/mol. The largest absolute Gasteiger partial charge is 0.677 e. The van der Waals surface area contributed by atoms with Crippen molar-refractivity contribution >= 4 is 0 Å². The van der Waals surface area contributed by atoms with Gasteiger partial charge in [-0.3, -0.25) is 0 Å². The Balaban J connectivity index is -0.0000000639. The summed E-state index contributed by atoms with van der Waals surface area (Å²) in [6.45, 7) is 21.9. The molecule has 4 nitrogen and oxygen atoms in total. The normalized spacial score (nSPS) is 9.39. The molecule has 0 aliphatic carbocycles. The fourth-order valence-corrected chi connectivity index (χ4v) is 1.19. The van der Waals surface area contributed by atoms with Crippen LogP contribution in [0.2, 0.25) is 0 Å². The van der Waals surface area contributed by atoms with Crippen LogP contribution < -0.4 is 0 Å². The zero-order valence-electron chi connectivity index (χ0n) is 17.4. The average molecular weight is 500 g/mol. The molecule has 0 aliphatic heterocycles. The third kappa shape index (κ3) is 85.6. The van der Waals surface area contributed by atoms with E-state index in [4.69, 9.17) is 11.5 Å². The molecular formula is C18H44N4W-4. The van der Waals surface area contributed by atoms with Gasteiger partial charge in [-0.15, -0.1) is 24.2 Å². The molecule has 0 heterocycles. The van der Waals surface area contributed by atoms with Gasteiger partial charge in [0, 0.05) is 21.1 Å². The molecule has 0 saturated heterocycles. The summed E-state index contributed by atoms with van der Waals surface area (Å²) in [7, 11) is 0. The second-order valence-electron chi connectivity index (χ2n) is 6.17. The van der Waals surface area contributed by atoms with Gasteiger partial charge in [0.1, 0.15) is 0 Å². The van der Waals surface area contributed by atoms with Crippen molar-refractivity contribution in [3.63, 3.8) is 0 Å². The summed E-state index contributed by atoms with van der Waals surface area (Å²) in [5.74, 6) is 0. The second kappa shape index (κ2) is 30.4. The van der Waals surface area contributed by atoms with Crippen LogP contribution in [0, 0.1) is 0 Å².